The van der Waals surface area contributed by atoms with E-state index in [4.69, 9.17) is 32.4 Å². The van der Waals surface area contributed by atoms with Gasteiger partial charge in [0.15, 0.2) is 0 Å². The van der Waals surface area contributed by atoms with Gasteiger partial charge in [-0.25, -0.2) is 4.39 Å². The van der Waals surface area contributed by atoms with Gasteiger partial charge in [0, 0.05) is 37.7 Å². The van der Waals surface area contributed by atoms with Crippen molar-refractivity contribution < 1.29 is 23.1 Å². The van der Waals surface area contributed by atoms with Gasteiger partial charge in [-0.2, -0.15) is 0 Å². The Hall–Kier alpha value is -2.91. The molecule has 0 bridgehead atoms. The molecule has 0 spiro atoms. The molecule has 0 aliphatic carbocycles. The minimum Gasteiger partial charge on any atom is -0.464 e. The number of carbonyl (C=O) groups excluding carboxylic acids is 2. The highest BCUT2D eigenvalue weighted by Gasteiger charge is 2.26. The monoisotopic (exact) mass is 561 g/mol. The Bertz CT molecular complexity index is 1250. The van der Waals surface area contributed by atoms with Crippen LogP contribution in [0.2, 0.25) is 10.0 Å². The van der Waals surface area contributed by atoms with E-state index in [0.717, 1.165) is 24.4 Å². The molecule has 0 atom stereocenters. The fourth-order valence-electron chi connectivity index (χ4n) is 4.24. The number of hydrogen-bond acceptors (Lipinski definition) is 5. The van der Waals surface area contributed by atoms with Crippen LogP contribution in [0.3, 0.4) is 0 Å². The number of morpholine rings is 1. The Kier molecular flexibility index (Phi) is 9.80. The van der Waals surface area contributed by atoms with Crippen molar-refractivity contribution in [3.63, 3.8) is 0 Å². The summed E-state index contributed by atoms with van der Waals surface area (Å²) in [6, 6.07) is 14.3. The van der Waals surface area contributed by atoms with Gasteiger partial charge in [-0.3, -0.25) is 14.5 Å². The summed E-state index contributed by atoms with van der Waals surface area (Å²) in [5, 5.41) is 0.641. The van der Waals surface area contributed by atoms with E-state index in [0.29, 0.717) is 37.1 Å². The molecule has 3 aromatic rings. The van der Waals surface area contributed by atoms with Gasteiger partial charge >= 0.3 is 0 Å². The lowest BCUT2D eigenvalue weighted by atomic mass is 10.1. The first-order chi connectivity index (χ1) is 18.3. The maximum absolute atomic E-state index is 13.7. The van der Waals surface area contributed by atoms with Crippen LogP contribution in [-0.4, -0.2) is 72.5 Å². The highest BCUT2D eigenvalue weighted by atomic mass is 35.5. The van der Waals surface area contributed by atoms with Crippen molar-refractivity contribution in [1.29, 1.82) is 0 Å². The van der Waals surface area contributed by atoms with Gasteiger partial charge < -0.3 is 19.0 Å². The fraction of sp³-hybridized carbons (Fsp3) is 0.357. The van der Waals surface area contributed by atoms with Gasteiger partial charge in [-0.15, -0.1) is 0 Å². The van der Waals surface area contributed by atoms with Gasteiger partial charge in [-0.05, 0) is 55.0 Å². The standard InChI is InChI=1S/C28H30Cl2FN3O4/c1-20-2-8-24(38-20)18-34(17-21-3-6-23(31)7-4-21)27(35)19-33(11-10-32-12-14-37-15-13-32)28(36)25-9-5-22(29)16-26(25)30/h2-9,16H,10-15,17-19H2,1H3. The third-order valence-electron chi connectivity index (χ3n) is 6.35. The largest absolute Gasteiger partial charge is 0.464 e. The van der Waals surface area contributed by atoms with Crippen LogP contribution in [0, 0.1) is 12.7 Å². The van der Waals surface area contributed by atoms with Crippen LogP contribution in [-0.2, 0) is 22.6 Å². The second-order valence-corrected chi connectivity index (χ2v) is 10.0. The maximum Gasteiger partial charge on any atom is 0.255 e. The van der Waals surface area contributed by atoms with Crippen LogP contribution < -0.4 is 0 Å². The van der Waals surface area contributed by atoms with Gasteiger partial charge in [0.1, 0.15) is 23.9 Å². The Balaban J connectivity index is 1.55. The third-order valence-corrected chi connectivity index (χ3v) is 6.89. The molecule has 1 aliphatic heterocycles. The topological polar surface area (TPSA) is 66.2 Å². The molecule has 0 saturated carbocycles. The van der Waals surface area contributed by atoms with Crippen LogP contribution in [0.5, 0.6) is 0 Å². The second-order valence-electron chi connectivity index (χ2n) is 9.19. The van der Waals surface area contributed by atoms with E-state index in [1.54, 1.807) is 29.2 Å². The van der Waals surface area contributed by atoms with Gasteiger partial charge in [0.2, 0.25) is 5.91 Å². The number of aryl methyl sites for hydroxylation is 1. The number of rotatable bonds is 10. The number of carbonyl (C=O) groups is 2. The summed E-state index contributed by atoms with van der Waals surface area (Å²) in [4.78, 5) is 32.6. The number of hydrogen-bond donors (Lipinski definition) is 0. The summed E-state index contributed by atoms with van der Waals surface area (Å²) < 4.78 is 24.6. The van der Waals surface area contributed by atoms with Crippen molar-refractivity contribution >= 4 is 35.0 Å². The summed E-state index contributed by atoms with van der Waals surface area (Å²) in [7, 11) is 0. The molecule has 38 heavy (non-hydrogen) atoms. The molecule has 1 saturated heterocycles. The summed E-state index contributed by atoms with van der Waals surface area (Å²) >= 11 is 12.4. The zero-order chi connectivity index (χ0) is 27.1. The lowest BCUT2D eigenvalue weighted by Gasteiger charge is -2.31. The first-order valence-corrected chi connectivity index (χ1v) is 13.2. The molecule has 1 aliphatic rings. The Morgan fingerprint density at radius 3 is 2.37 bits per heavy atom. The zero-order valence-electron chi connectivity index (χ0n) is 21.2. The number of ether oxygens (including phenoxy) is 1. The molecular formula is C28H30Cl2FN3O4. The molecular weight excluding hydrogens is 532 g/mol. The Morgan fingerprint density at radius 2 is 1.71 bits per heavy atom. The highest BCUT2D eigenvalue weighted by Crippen LogP contribution is 2.23. The van der Waals surface area contributed by atoms with E-state index in [9.17, 15) is 14.0 Å². The van der Waals surface area contributed by atoms with Gasteiger partial charge in [0.05, 0.1) is 30.3 Å². The average molecular weight is 562 g/mol. The molecule has 2 aromatic carbocycles. The summed E-state index contributed by atoms with van der Waals surface area (Å²) in [5.41, 5.74) is 1.03. The predicted octanol–water partition coefficient (Wildman–Crippen LogP) is 5.04. The third kappa shape index (κ3) is 7.80. The maximum atomic E-state index is 13.7. The minimum absolute atomic E-state index is 0.164. The first-order valence-electron chi connectivity index (χ1n) is 12.4. The van der Waals surface area contributed by atoms with Crippen LogP contribution in [0.15, 0.2) is 59.0 Å². The molecule has 0 unspecified atom stereocenters. The number of benzene rings is 2. The number of furan rings is 1. The van der Waals surface area contributed by atoms with Crippen molar-refractivity contribution in [2.75, 3.05) is 45.9 Å². The lowest BCUT2D eigenvalue weighted by Crippen LogP contribution is -2.47. The lowest BCUT2D eigenvalue weighted by molar-refractivity contribution is -0.133. The highest BCUT2D eigenvalue weighted by molar-refractivity contribution is 6.36. The smallest absolute Gasteiger partial charge is 0.255 e. The quantitative estimate of drug-likeness (QED) is 0.347. The van der Waals surface area contributed by atoms with E-state index in [2.05, 4.69) is 4.90 Å². The zero-order valence-corrected chi connectivity index (χ0v) is 22.7. The second kappa shape index (κ2) is 13.2. The number of amides is 2. The minimum atomic E-state index is -0.358. The molecule has 0 N–H and O–H groups in total. The van der Waals surface area contributed by atoms with Crippen molar-refractivity contribution in [2.24, 2.45) is 0 Å². The van der Waals surface area contributed by atoms with E-state index in [1.165, 1.54) is 23.1 Å². The summed E-state index contributed by atoms with van der Waals surface area (Å²) in [6.45, 7) is 5.78. The molecule has 2 amide bonds. The molecule has 202 valence electrons. The van der Waals surface area contributed by atoms with Crippen molar-refractivity contribution in [2.45, 2.75) is 20.0 Å². The first kappa shape index (κ1) is 28.1. The van der Waals surface area contributed by atoms with Crippen LogP contribution in [0.4, 0.5) is 4.39 Å². The Labute approximate surface area is 231 Å². The predicted molar refractivity (Wildman–Crippen MR) is 144 cm³/mol. The van der Waals surface area contributed by atoms with Gasteiger partial charge in [-0.1, -0.05) is 35.3 Å². The molecule has 1 fully saturated rings. The molecule has 4 rings (SSSR count). The van der Waals surface area contributed by atoms with Crippen LogP contribution in [0.1, 0.15) is 27.4 Å². The molecule has 0 radical (unpaired) electrons. The van der Waals surface area contributed by atoms with Gasteiger partial charge in [0.25, 0.3) is 5.91 Å². The van der Waals surface area contributed by atoms with E-state index >= 15 is 0 Å². The molecule has 2 heterocycles. The van der Waals surface area contributed by atoms with Crippen LogP contribution >= 0.6 is 23.2 Å². The SMILES string of the molecule is Cc1ccc(CN(Cc2ccc(F)cc2)C(=O)CN(CCN2CCOCC2)C(=O)c2ccc(Cl)cc2Cl)o1. The summed E-state index contributed by atoms with van der Waals surface area (Å²) in [6.07, 6.45) is 0. The number of nitrogens with zero attached hydrogens (tertiary/aromatic N) is 3. The summed E-state index contributed by atoms with van der Waals surface area (Å²) in [5.74, 6) is 0.361. The van der Waals surface area contributed by atoms with Crippen LogP contribution in [0.25, 0.3) is 0 Å². The molecule has 1 aromatic heterocycles. The molecule has 7 nitrogen and oxygen atoms in total. The van der Waals surface area contributed by atoms with E-state index in [-0.39, 0.29) is 47.9 Å². The average Bonchev–Trinajstić information content (AvgIpc) is 3.32. The van der Waals surface area contributed by atoms with Crippen molar-refractivity contribution in [1.82, 2.24) is 14.7 Å². The van der Waals surface area contributed by atoms with E-state index < -0.39 is 0 Å². The van der Waals surface area contributed by atoms with Crippen molar-refractivity contribution in [3.05, 3.63) is 93.1 Å². The molecule has 10 heteroatoms. The number of halogens is 3. The Morgan fingerprint density at radius 1 is 0.974 bits per heavy atom. The van der Waals surface area contributed by atoms with Crippen molar-refractivity contribution in [3.8, 4) is 0 Å². The fourth-order valence-corrected chi connectivity index (χ4v) is 4.73. The normalized spacial score (nSPS) is 13.9. The van der Waals surface area contributed by atoms with E-state index in [1.807, 2.05) is 19.1 Å².